The van der Waals surface area contributed by atoms with Gasteiger partial charge in [-0.25, -0.2) is 9.97 Å². The highest BCUT2D eigenvalue weighted by Crippen LogP contribution is 2.15. The number of rotatable bonds is 4. The van der Waals surface area contributed by atoms with Crippen molar-refractivity contribution in [2.24, 2.45) is 0 Å². The third-order valence-corrected chi connectivity index (χ3v) is 3.00. The van der Waals surface area contributed by atoms with Crippen LogP contribution in [-0.2, 0) is 6.54 Å². The molecule has 2 rings (SSSR count). The van der Waals surface area contributed by atoms with Crippen molar-refractivity contribution in [1.82, 2.24) is 9.97 Å². The van der Waals surface area contributed by atoms with Crippen LogP contribution in [0.4, 0.5) is 11.6 Å². The topological polar surface area (TPSA) is 64.8 Å². The van der Waals surface area contributed by atoms with Crippen LogP contribution < -0.4 is 10.2 Å². The lowest BCUT2D eigenvalue weighted by Crippen LogP contribution is -2.11. The summed E-state index contributed by atoms with van der Waals surface area (Å²) in [6, 6.07) is 9.77. The predicted molar refractivity (Wildman–Crippen MR) is 77.5 cm³/mol. The van der Waals surface area contributed by atoms with Crippen molar-refractivity contribution in [1.29, 1.82) is 5.26 Å². The molecule has 0 atom stereocenters. The Morgan fingerprint density at radius 3 is 2.95 bits per heavy atom. The fourth-order valence-corrected chi connectivity index (χ4v) is 1.96. The van der Waals surface area contributed by atoms with Gasteiger partial charge in [0.25, 0.3) is 0 Å². The van der Waals surface area contributed by atoms with Crippen molar-refractivity contribution >= 4 is 27.6 Å². The number of hydrogen-bond acceptors (Lipinski definition) is 5. The van der Waals surface area contributed by atoms with Crippen LogP contribution in [0, 0.1) is 11.5 Å². The maximum atomic E-state index is 8.81. The number of anilines is 2. The number of hydrogen-bond donors (Lipinski definition) is 1. The predicted octanol–water partition coefficient (Wildman–Crippen LogP) is 2.77. The minimum Gasteiger partial charge on any atom is -0.366 e. The second kappa shape index (κ2) is 6.16. The molecule has 0 unspecified atom stereocenters. The largest absolute Gasteiger partial charge is 0.366 e. The zero-order chi connectivity index (χ0) is 13.7. The molecule has 0 radical (unpaired) electrons. The van der Waals surface area contributed by atoms with E-state index in [0.717, 1.165) is 10.0 Å². The van der Waals surface area contributed by atoms with Crippen molar-refractivity contribution in [3.8, 4) is 6.19 Å². The minimum atomic E-state index is 0.564. The van der Waals surface area contributed by atoms with E-state index in [4.69, 9.17) is 5.26 Å². The Bertz CT molecular complexity index is 608. The summed E-state index contributed by atoms with van der Waals surface area (Å²) in [7, 11) is 1.65. The first-order valence-electron chi connectivity index (χ1n) is 5.63. The Kier molecular flexibility index (Phi) is 4.31. The maximum absolute atomic E-state index is 8.81. The molecule has 1 aromatic heterocycles. The van der Waals surface area contributed by atoms with Gasteiger partial charge < -0.3 is 5.32 Å². The Morgan fingerprint density at radius 2 is 2.21 bits per heavy atom. The molecular weight excluding hydrogens is 306 g/mol. The van der Waals surface area contributed by atoms with E-state index >= 15 is 0 Å². The first kappa shape index (κ1) is 13.3. The van der Waals surface area contributed by atoms with Gasteiger partial charge in [0.1, 0.15) is 18.0 Å². The third kappa shape index (κ3) is 3.66. The van der Waals surface area contributed by atoms with Crippen molar-refractivity contribution in [3.05, 3.63) is 46.7 Å². The summed E-state index contributed by atoms with van der Waals surface area (Å²) in [6.45, 7) is 0.659. The van der Waals surface area contributed by atoms with Gasteiger partial charge in [0, 0.05) is 24.1 Å². The third-order valence-electron chi connectivity index (χ3n) is 2.51. The number of halogens is 1. The number of nitrogens with one attached hydrogen (secondary N) is 1. The molecule has 0 aliphatic carbocycles. The van der Waals surface area contributed by atoms with E-state index in [-0.39, 0.29) is 0 Å². The average molecular weight is 318 g/mol. The van der Waals surface area contributed by atoms with Crippen LogP contribution in [0.5, 0.6) is 0 Å². The molecule has 0 spiro atoms. The first-order valence-corrected chi connectivity index (χ1v) is 6.42. The van der Waals surface area contributed by atoms with Crippen molar-refractivity contribution in [3.63, 3.8) is 0 Å². The SMILES string of the molecule is CN(C#N)c1cc(NCc2cccc(Br)c2)ncn1. The number of benzene rings is 1. The van der Waals surface area contributed by atoms with Crippen molar-refractivity contribution in [2.75, 3.05) is 17.3 Å². The second-order valence-corrected chi connectivity index (χ2v) is 4.82. The zero-order valence-electron chi connectivity index (χ0n) is 10.3. The van der Waals surface area contributed by atoms with Crippen LogP contribution in [0.15, 0.2) is 41.1 Å². The molecule has 0 aliphatic rings. The van der Waals surface area contributed by atoms with E-state index < -0.39 is 0 Å². The lowest BCUT2D eigenvalue weighted by molar-refractivity contribution is 1.05. The molecule has 0 saturated carbocycles. The van der Waals surface area contributed by atoms with Gasteiger partial charge in [-0.2, -0.15) is 5.26 Å². The monoisotopic (exact) mass is 317 g/mol. The molecule has 0 saturated heterocycles. The highest BCUT2D eigenvalue weighted by molar-refractivity contribution is 9.10. The molecule has 0 bridgehead atoms. The molecule has 1 heterocycles. The van der Waals surface area contributed by atoms with E-state index in [1.54, 1.807) is 13.1 Å². The lowest BCUT2D eigenvalue weighted by Gasteiger charge is -2.10. The summed E-state index contributed by atoms with van der Waals surface area (Å²) >= 11 is 3.43. The molecular formula is C13H12BrN5. The molecule has 1 aromatic carbocycles. The molecule has 6 heteroatoms. The van der Waals surface area contributed by atoms with Crippen molar-refractivity contribution in [2.45, 2.75) is 6.54 Å². The van der Waals surface area contributed by atoms with Gasteiger partial charge in [-0.15, -0.1) is 0 Å². The van der Waals surface area contributed by atoms with Gasteiger partial charge in [0.05, 0.1) is 0 Å². The van der Waals surface area contributed by atoms with Gasteiger partial charge in [0.15, 0.2) is 6.19 Å². The Morgan fingerprint density at radius 1 is 1.37 bits per heavy atom. The molecule has 0 fully saturated rings. The van der Waals surface area contributed by atoms with Crippen molar-refractivity contribution < 1.29 is 0 Å². The number of nitriles is 1. The minimum absolute atomic E-state index is 0.564. The van der Waals surface area contributed by atoms with Gasteiger partial charge in [-0.3, -0.25) is 4.90 Å². The van der Waals surface area contributed by atoms with Crippen LogP contribution in [-0.4, -0.2) is 17.0 Å². The van der Waals surface area contributed by atoms with Crippen LogP contribution in [0.25, 0.3) is 0 Å². The van der Waals surface area contributed by atoms with Crippen LogP contribution in [0.2, 0.25) is 0 Å². The van der Waals surface area contributed by atoms with Gasteiger partial charge in [0.2, 0.25) is 0 Å². The van der Waals surface area contributed by atoms with E-state index in [0.29, 0.717) is 18.2 Å². The lowest BCUT2D eigenvalue weighted by atomic mass is 10.2. The second-order valence-electron chi connectivity index (χ2n) is 3.90. The molecule has 19 heavy (non-hydrogen) atoms. The summed E-state index contributed by atoms with van der Waals surface area (Å²) in [6.07, 6.45) is 3.44. The molecule has 2 aromatic rings. The van der Waals surface area contributed by atoms with Gasteiger partial charge in [-0.05, 0) is 17.7 Å². The first-order chi connectivity index (χ1) is 9.19. The van der Waals surface area contributed by atoms with E-state index in [1.165, 1.54) is 11.2 Å². The fraction of sp³-hybridized carbons (Fsp3) is 0.154. The normalized spacial score (nSPS) is 9.74. The van der Waals surface area contributed by atoms with Crippen LogP contribution in [0.1, 0.15) is 5.56 Å². The van der Waals surface area contributed by atoms with Crippen LogP contribution >= 0.6 is 15.9 Å². The maximum Gasteiger partial charge on any atom is 0.185 e. The number of aromatic nitrogens is 2. The van der Waals surface area contributed by atoms with Crippen LogP contribution in [0.3, 0.4) is 0 Å². The zero-order valence-corrected chi connectivity index (χ0v) is 11.9. The standard InChI is InChI=1S/C13H12BrN5/c1-19(8-15)13-6-12(17-9-18-13)16-7-10-3-2-4-11(14)5-10/h2-6,9H,7H2,1H3,(H,16,17,18). The summed E-state index contributed by atoms with van der Waals surface area (Å²) in [5.74, 6) is 1.25. The summed E-state index contributed by atoms with van der Waals surface area (Å²) in [5.41, 5.74) is 1.14. The van der Waals surface area contributed by atoms with Gasteiger partial charge in [-0.1, -0.05) is 28.1 Å². The van der Waals surface area contributed by atoms with E-state index in [2.05, 4.69) is 31.2 Å². The Hall–Kier alpha value is -2.13. The Labute approximate surface area is 120 Å². The highest BCUT2D eigenvalue weighted by atomic mass is 79.9. The Balaban J connectivity index is 2.06. The molecule has 96 valence electrons. The summed E-state index contributed by atoms with van der Waals surface area (Å²) < 4.78 is 1.04. The van der Waals surface area contributed by atoms with E-state index in [9.17, 15) is 0 Å². The summed E-state index contributed by atoms with van der Waals surface area (Å²) in [4.78, 5) is 9.53. The van der Waals surface area contributed by atoms with Gasteiger partial charge >= 0.3 is 0 Å². The number of nitrogens with zero attached hydrogens (tertiary/aromatic N) is 4. The molecule has 0 aliphatic heterocycles. The quantitative estimate of drug-likeness (QED) is 0.694. The molecule has 0 amide bonds. The molecule has 1 N–H and O–H groups in total. The smallest absolute Gasteiger partial charge is 0.185 e. The fourth-order valence-electron chi connectivity index (χ4n) is 1.52. The molecule has 5 nitrogen and oxygen atoms in total. The van der Waals surface area contributed by atoms with E-state index in [1.807, 2.05) is 30.5 Å². The highest BCUT2D eigenvalue weighted by Gasteiger charge is 2.03. The average Bonchev–Trinajstić information content (AvgIpc) is 2.45. The summed E-state index contributed by atoms with van der Waals surface area (Å²) in [5, 5.41) is 12.0.